The van der Waals surface area contributed by atoms with Gasteiger partial charge in [-0.2, -0.15) is 0 Å². The van der Waals surface area contributed by atoms with Gasteiger partial charge in [0.05, 0.1) is 6.61 Å². The van der Waals surface area contributed by atoms with Crippen molar-refractivity contribution in [3.05, 3.63) is 0 Å². The quantitative estimate of drug-likeness (QED) is 0.641. The molecule has 5 heteroatoms. The average molecular weight is 178 g/mol. The molecule has 2 atom stereocenters. The molecule has 0 aromatic rings. The lowest BCUT2D eigenvalue weighted by Crippen LogP contribution is -2.12. The number of cyclic esters (lactones) is 2. The van der Waals surface area contributed by atoms with Crippen LogP contribution >= 0.6 is 11.8 Å². The van der Waals surface area contributed by atoms with Crippen molar-refractivity contribution in [3.63, 3.8) is 0 Å². The van der Waals surface area contributed by atoms with Crippen molar-refractivity contribution in [2.45, 2.75) is 17.6 Å². The molecule has 0 saturated carbocycles. The smallest absolute Gasteiger partial charge is 0.429 e. The van der Waals surface area contributed by atoms with Crippen molar-refractivity contribution < 1.29 is 19.4 Å². The molecule has 0 bridgehead atoms. The molecule has 0 spiro atoms. The Morgan fingerprint density at radius 1 is 1.91 bits per heavy atom. The molecule has 64 valence electrons. The van der Waals surface area contributed by atoms with Gasteiger partial charge < -0.3 is 14.6 Å². The van der Waals surface area contributed by atoms with Crippen molar-refractivity contribution >= 4 is 17.9 Å². The van der Waals surface area contributed by atoms with Gasteiger partial charge in [0.25, 0.3) is 0 Å². The molecule has 2 unspecified atom stereocenters. The molecule has 1 saturated heterocycles. The third kappa shape index (κ3) is 2.59. The second kappa shape index (κ2) is 3.82. The monoisotopic (exact) mass is 178 g/mol. The van der Waals surface area contributed by atoms with Crippen molar-refractivity contribution in [2.24, 2.45) is 0 Å². The summed E-state index contributed by atoms with van der Waals surface area (Å²) in [5, 5.41) is 8.74. The van der Waals surface area contributed by atoms with Gasteiger partial charge in [-0.25, -0.2) is 4.79 Å². The molecular weight excluding hydrogens is 168 g/mol. The normalized spacial score (nSPS) is 26.0. The second-order valence-corrected chi connectivity index (χ2v) is 3.84. The van der Waals surface area contributed by atoms with Gasteiger partial charge in [0.15, 0.2) is 5.44 Å². The number of hydrogen-bond acceptors (Lipinski definition) is 5. The zero-order chi connectivity index (χ0) is 8.27. The number of carbonyl (C=O) groups is 1. The van der Waals surface area contributed by atoms with Crippen LogP contribution in [0.2, 0.25) is 0 Å². The predicted molar refractivity (Wildman–Crippen MR) is 40.4 cm³/mol. The number of thioether (sulfide) groups is 1. The van der Waals surface area contributed by atoms with Crippen LogP contribution < -0.4 is 0 Å². The first-order chi connectivity index (χ1) is 5.22. The molecule has 4 nitrogen and oxygen atoms in total. The number of rotatable bonds is 3. The van der Waals surface area contributed by atoms with Gasteiger partial charge in [-0.3, -0.25) is 0 Å². The van der Waals surface area contributed by atoms with Crippen LogP contribution in [0.4, 0.5) is 4.79 Å². The highest BCUT2D eigenvalue weighted by molar-refractivity contribution is 8.00. The van der Waals surface area contributed by atoms with Gasteiger partial charge in [0, 0.05) is 5.25 Å². The van der Waals surface area contributed by atoms with Gasteiger partial charge in [0.1, 0.15) is 6.61 Å². The highest BCUT2D eigenvalue weighted by Gasteiger charge is 2.26. The molecule has 0 amide bonds. The van der Waals surface area contributed by atoms with E-state index in [9.17, 15) is 4.79 Å². The van der Waals surface area contributed by atoms with Crippen molar-refractivity contribution in [2.75, 3.05) is 13.2 Å². The van der Waals surface area contributed by atoms with Crippen LogP contribution in [0.5, 0.6) is 0 Å². The summed E-state index contributed by atoms with van der Waals surface area (Å²) in [5.41, 5.74) is -0.246. The van der Waals surface area contributed by atoms with Gasteiger partial charge >= 0.3 is 6.16 Å². The summed E-state index contributed by atoms with van der Waals surface area (Å²) in [6, 6.07) is 0. The van der Waals surface area contributed by atoms with E-state index in [2.05, 4.69) is 4.74 Å². The summed E-state index contributed by atoms with van der Waals surface area (Å²) in [7, 11) is 0. The Morgan fingerprint density at radius 2 is 2.64 bits per heavy atom. The summed E-state index contributed by atoms with van der Waals surface area (Å²) in [4.78, 5) is 10.4. The van der Waals surface area contributed by atoms with E-state index in [0.29, 0.717) is 0 Å². The van der Waals surface area contributed by atoms with Gasteiger partial charge in [-0.15, -0.1) is 11.8 Å². The fourth-order valence-corrected chi connectivity index (χ4v) is 1.57. The van der Waals surface area contributed by atoms with E-state index >= 15 is 0 Å². The summed E-state index contributed by atoms with van der Waals surface area (Å²) < 4.78 is 9.27. The van der Waals surface area contributed by atoms with E-state index in [-0.39, 0.29) is 23.9 Å². The number of aliphatic hydroxyl groups excluding tert-OH is 1. The van der Waals surface area contributed by atoms with E-state index < -0.39 is 6.16 Å². The van der Waals surface area contributed by atoms with E-state index in [1.165, 1.54) is 11.8 Å². The Labute approximate surface area is 68.9 Å². The molecule has 1 aliphatic rings. The maximum absolute atomic E-state index is 10.4. The minimum absolute atomic E-state index is 0.0782. The highest BCUT2D eigenvalue weighted by atomic mass is 32.2. The molecule has 0 aliphatic carbocycles. The molecule has 1 rings (SSSR count). The van der Waals surface area contributed by atoms with Crippen molar-refractivity contribution in [1.82, 2.24) is 0 Å². The van der Waals surface area contributed by atoms with Crippen molar-refractivity contribution in [1.29, 1.82) is 0 Å². The molecule has 1 heterocycles. The van der Waals surface area contributed by atoms with Gasteiger partial charge in [-0.05, 0) is 0 Å². The fourth-order valence-electron chi connectivity index (χ4n) is 0.681. The summed E-state index contributed by atoms with van der Waals surface area (Å²) in [6.45, 7) is 2.23. The maximum Gasteiger partial charge on any atom is 0.509 e. The summed E-state index contributed by atoms with van der Waals surface area (Å²) in [5.74, 6) is 0. The molecule has 0 aromatic carbocycles. The molecule has 0 aromatic heterocycles. The second-order valence-electron chi connectivity index (χ2n) is 2.24. The van der Waals surface area contributed by atoms with Gasteiger partial charge in [-0.1, -0.05) is 6.92 Å². The topological polar surface area (TPSA) is 55.8 Å². The number of hydrogen-bond donors (Lipinski definition) is 1. The first kappa shape index (κ1) is 8.67. The molecule has 0 radical (unpaired) electrons. The third-order valence-corrected chi connectivity index (χ3v) is 2.36. The minimum Gasteiger partial charge on any atom is -0.429 e. The summed E-state index contributed by atoms with van der Waals surface area (Å²) >= 11 is 1.39. The zero-order valence-corrected chi connectivity index (χ0v) is 6.97. The molecule has 1 fully saturated rings. The lowest BCUT2D eigenvalue weighted by atomic mass is 10.5. The van der Waals surface area contributed by atoms with Crippen LogP contribution in [0.25, 0.3) is 0 Å². The number of aliphatic hydroxyl groups is 1. The predicted octanol–water partition coefficient (Wildman–Crippen LogP) is 0.593. The van der Waals surface area contributed by atoms with Crippen molar-refractivity contribution in [3.8, 4) is 0 Å². The molecular formula is C6H10O4S. The van der Waals surface area contributed by atoms with Crippen LogP contribution in [0.15, 0.2) is 0 Å². The number of carbonyl (C=O) groups excluding carboxylic acids is 1. The Balaban J connectivity index is 2.22. The van der Waals surface area contributed by atoms with Gasteiger partial charge in [0.2, 0.25) is 0 Å². The van der Waals surface area contributed by atoms with Crippen LogP contribution in [0.3, 0.4) is 0 Å². The first-order valence-corrected chi connectivity index (χ1v) is 4.26. The maximum atomic E-state index is 10.4. The van der Waals surface area contributed by atoms with Crippen LogP contribution in [-0.2, 0) is 9.47 Å². The fraction of sp³-hybridized carbons (Fsp3) is 0.833. The Morgan fingerprint density at radius 3 is 3.09 bits per heavy atom. The molecule has 1 aliphatic heterocycles. The van der Waals surface area contributed by atoms with E-state index in [4.69, 9.17) is 9.84 Å². The molecule has 11 heavy (non-hydrogen) atoms. The van der Waals surface area contributed by atoms with Crippen LogP contribution in [0.1, 0.15) is 6.92 Å². The number of ether oxygens (including phenoxy) is 2. The largest absolute Gasteiger partial charge is 0.509 e. The first-order valence-electron chi connectivity index (χ1n) is 3.32. The lowest BCUT2D eigenvalue weighted by molar-refractivity contribution is 0.129. The Kier molecular flexibility index (Phi) is 3.02. The Bertz CT molecular complexity index is 150. The minimum atomic E-state index is -0.618. The molecule has 1 N–H and O–H groups in total. The lowest BCUT2D eigenvalue weighted by Gasteiger charge is -2.09. The van der Waals surface area contributed by atoms with Crippen LogP contribution in [0, 0.1) is 0 Å². The van der Waals surface area contributed by atoms with Crippen LogP contribution in [-0.4, -0.2) is 35.2 Å². The Hall–Kier alpha value is -0.420. The van der Waals surface area contributed by atoms with E-state index in [1.54, 1.807) is 0 Å². The third-order valence-electron chi connectivity index (χ3n) is 1.21. The van der Waals surface area contributed by atoms with E-state index in [1.807, 2.05) is 6.92 Å². The SMILES string of the molecule is CC(CO)SC1COC(=O)O1. The average Bonchev–Trinajstić information content (AvgIpc) is 2.35. The van der Waals surface area contributed by atoms with E-state index in [0.717, 1.165) is 0 Å². The standard InChI is InChI=1S/C6H10O4S/c1-4(2-7)11-5-3-9-6(8)10-5/h4-5,7H,2-3H2,1H3. The highest BCUT2D eigenvalue weighted by Crippen LogP contribution is 2.23. The zero-order valence-electron chi connectivity index (χ0n) is 6.15. The summed E-state index contributed by atoms with van der Waals surface area (Å²) in [6.07, 6.45) is -0.618.